The minimum absolute atomic E-state index is 0.325. The van der Waals surface area contributed by atoms with E-state index >= 15 is 0 Å². The van der Waals surface area contributed by atoms with Gasteiger partial charge >= 0.3 is 0 Å². The summed E-state index contributed by atoms with van der Waals surface area (Å²) in [6.07, 6.45) is 1.56. The largest absolute Gasteiger partial charge is 0.494 e. The molecule has 16 heavy (non-hydrogen) atoms. The van der Waals surface area contributed by atoms with Crippen LogP contribution in [0.5, 0.6) is 5.75 Å². The van der Waals surface area contributed by atoms with Crippen LogP contribution in [0.25, 0.3) is 0 Å². The molecule has 1 saturated heterocycles. The smallest absolute Gasteiger partial charge is 0.119 e. The van der Waals surface area contributed by atoms with Gasteiger partial charge in [0.15, 0.2) is 0 Å². The van der Waals surface area contributed by atoms with Crippen molar-refractivity contribution in [3.8, 4) is 11.8 Å². The van der Waals surface area contributed by atoms with E-state index in [4.69, 9.17) is 14.7 Å². The first-order valence-electron chi connectivity index (χ1n) is 5.52. The fourth-order valence-corrected chi connectivity index (χ4v) is 1.83. The molecule has 0 spiro atoms. The third-order valence-electron chi connectivity index (χ3n) is 2.93. The van der Waals surface area contributed by atoms with Crippen LogP contribution in [0.2, 0.25) is 0 Å². The Kier molecular flexibility index (Phi) is 3.43. The monoisotopic (exact) mass is 217 g/mol. The Labute approximate surface area is 95.6 Å². The number of nitrogens with zero attached hydrogens (tertiary/aromatic N) is 1. The first-order chi connectivity index (χ1) is 7.85. The van der Waals surface area contributed by atoms with Crippen LogP contribution >= 0.6 is 0 Å². The van der Waals surface area contributed by atoms with Gasteiger partial charge in [0, 0.05) is 13.0 Å². The predicted molar refractivity (Wildman–Crippen MR) is 60.0 cm³/mol. The van der Waals surface area contributed by atoms with Crippen LogP contribution in [0.4, 0.5) is 0 Å². The number of ether oxygens (including phenoxy) is 2. The van der Waals surface area contributed by atoms with Crippen molar-refractivity contribution in [2.24, 2.45) is 5.41 Å². The van der Waals surface area contributed by atoms with Gasteiger partial charge in [-0.3, -0.25) is 0 Å². The number of hydrogen-bond donors (Lipinski definition) is 0. The van der Waals surface area contributed by atoms with Gasteiger partial charge in [-0.25, -0.2) is 0 Å². The summed E-state index contributed by atoms with van der Waals surface area (Å²) in [4.78, 5) is 0. The first kappa shape index (κ1) is 11.0. The van der Waals surface area contributed by atoms with Gasteiger partial charge in [-0.05, 0) is 18.6 Å². The van der Waals surface area contributed by atoms with E-state index in [-0.39, 0.29) is 5.41 Å². The summed E-state index contributed by atoms with van der Waals surface area (Å²) < 4.78 is 10.9. The van der Waals surface area contributed by atoms with E-state index in [1.165, 1.54) is 0 Å². The average Bonchev–Trinajstić information content (AvgIpc) is 2.80. The summed E-state index contributed by atoms with van der Waals surface area (Å²) in [6, 6.07) is 12.0. The topological polar surface area (TPSA) is 42.2 Å². The molecule has 0 amide bonds. The van der Waals surface area contributed by atoms with Crippen molar-refractivity contribution in [1.82, 2.24) is 0 Å². The average molecular weight is 217 g/mol. The zero-order chi connectivity index (χ0) is 11.3. The van der Waals surface area contributed by atoms with Gasteiger partial charge in [0.25, 0.3) is 0 Å². The summed E-state index contributed by atoms with van der Waals surface area (Å²) in [5.41, 5.74) is -0.325. The van der Waals surface area contributed by atoms with Crippen molar-refractivity contribution < 1.29 is 9.47 Å². The quantitative estimate of drug-likeness (QED) is 0.777. The third kappa shape index (κ3) is 2.53. The minimum atomic E-state index is -0.325. The fraction of sp³-hybridized carbons (Fsp3) is 0.462. The molecule has 1 aromatic carbocycles. The van der Waals surface area contributed by atoms with E-state index in [9.17, 15) is 0 Å². The number of benzene rings is 1. The zero-order valence-electron chi connectivity index (χ0n) is 9.19. The highest BCUT2D eigenvalue weighted by Crippen LogP contribution is 2.31. The fourth-order valence-electron chi connectivity index (χ4n) is 1.83. The second-order valence-corrected chi connectivity index (χ2v) is 4.11. The number of para-hydroxylation sites is 1. The van der Waals surface area contributed by atoms with Gasteiger partial charge in [-0.2, -0.15) is 5.26 Å². The Hall–Kier alpha value is -1.53. The Morgan fingerprint density at radius 3 is 2.81 bits per heavy atom. The van der Waals surface area contributed by atoms with E-state index in [1.54, 1.807) is 0 Å². The highest BCUT2D eigenvalue weighted by molar-refractivity contribution is 5.20. The standard InChI is InChI=1S/C13H15NO2/c14-10-13(6-8-15-11-13)7-9-16-12-4-2-1-3-5-12/h1-5H,6-9,11H2. The molecule has 1 aliphatic heterocycles. The predicted octanol–water partition coefficient (Wildman–Crippen LogP) is 2.39. The molecule has 3 heteroatoms. The summed E-state index contributed by atoms with van der Waals surface area (Å²) >= 11 is 0. The van der Waals surface area contributed by atoms with Crippen molar-refractivity contribution in [2.45, 2.75) is 12.8 Å². The first-order valence-corrected chi connectivity index (χ1v) is 5.52. The number of hydrogen-bond acceptors (Lipinski definition) is 3. The van der Waals surface area contributed by atoms with Crippen LogP contribution in [0.15, 0.2) is 30.3 Å². The van der Waals surface area contributed by atoms with Crippen LogP contribution in [0.3, 0.4) is 0 Å². The second kappa shape index (κ2) is 5.00. The van der Waals surface area contributed by atoms with Crippen LogP contribution < -0.4 is 4.74 Å². The van der Waals surface area contributed by atoms with Gasteiger partial charge in [-0.1, -0.05) is 18.2 Å². The van der Waals surface area contributed by atoms with Crippen LogP contribution in [-0.2, 0) is 4.74 Å². The van der Waals surface area contributed by atoms with Gasteiger partial charge in [0.1, 0.15) is 5.75 Å². The highest BCUT2D eigenvalue weighted by atomic mass is 16.5. The Morgan fingerprint density at radius 1 is 1.38 bits per heavy atom. The third-order valence-corrected chi connectivity index (χ3v) is 2.93. The Bertz CT molecular complexity index is 363. The molecule has 0 saturated carbocycles. The molecule has 1 aliphatic rings. The van der Waals surface area contributed by atoms with Crippen molar-refractivity contribution in [2.75, 3.05) is 19.8 Å². The maximum Gasteiger partial charge on any atom is 0.119 e. The molecular weight excluding hydrogens is 202 g/mol. The van der Waals surface area contributed by atoms with Crippen molar-refractivity contribution >= 4 is 0 Å². The lowest BCUT2D eigenvalue weighted by Gasteiger charge is -2.18. The van der Waals surface area contributed by atoms with E-state index in [1.807, 2.05) is 30.3 Å². The van der Waals surface area contributed by atoms with Gasteiger partial charge in [0.05, 0.1) is 24.7 Å². The second-order valence-electron chi connectivity index (χ2n) is 4.11. The molecule has 1 aromatic rings. The summed E-state index contributed by atoms with van der Waals surface area (Å²) in [6.45, 7) is 1.81. The van der Waals surface area contributed by atoms with E-state index in [0.29, 0.717) is 19.8 Å². The van der Waals surface area contributed by atoms with Crippen molar-refractivity contribution in [1.29, 1.82) is 5.26 Å². The maximum absolute atomic E-state index is 9.13. The molecule has 0 N–H and O–H groups in total. The van der Waals surface area contributed by atoms with E-state index in [2.05, 4.69) is 6.07 Å². The molecule has 0 bridgehead atoms. The number of rotatable bonds is 4. The summed E-state index contributed by atoms with van der Waals surface area (Å²) in [5.74, 6) is 0.856. The molecule has 1 unspecified atom stereocenters. The molecular formula is C13H15NO2. The number of nitriles is 1. The van der Waals surface area contributed by atoms with E-state index < -0.39 is 0 Å². The molecule has 84 valence electrons. The highest BCUT2D eigenvalue weighted by Gasteiger charge is 2.34. The van der Waals surface area contributed by atoms with Crippen LogP contribution in [0.1, 0.15) is 12.8 Å². The van der Waals surface area contributed by atoms with Gasteiger partial charge < -0.3 is 9.47 Å². The lowest BCUT2D eigenvalue weighted by atomic mass is 9.86. The minimum Gasteiger partial charge on any atom is -0.494 e. The lowest BCUT2D eigenvalue weighted by Crippen LogP contribution is -2.21. The summed E-state index contributed by atoms with van der Waals surface area (Å²) in [5, 5.41) is 9.13. The summed E-state index contributed by atoms with van der Waals surface area (Å²) in [7, 11) is 0. The molecule has 1 atom stereocenters. The SMILES string of the molecule is N#CC1(CCOc2ccccc2)CCOC1. The Morgan fingerprint density at radius 2 is 2.19 bits per heavy atom. The molecule has 1 heterocycles. The van der Waals surface area contributed by atoms with Crippen molar-refractivity contribution in [3.63, 3.8) is 0 Å². The zero-order valence-corrected chi connectivity index (χ0v) is 9.19. The van der Waals surface area contributed by atoms with Crippen molar-refractivity contribution in [3.05, 3.63) is 30.3 Å². The van der Waals surface area contributed by atoms with Crippen LogP contribution in [0, 0.1) is 16.7 Å². The molecule has 0 aromatic heterocycles. The molecule has 1 fully saturated rings. The van der Waals surface area contributed by atoms with Crippen LogP contribution in [-0.4, -0.2) is 19.8 Å². The van der Waals surface area contributed by atoms with E-state index in [0.717, 1.165) is 18.6 Å². The van der Waals surface area contributed by atoms with Gasteiger partial charge in [-0.15, -0.1) is 0 Å². The molecule has 0 aliphatic carbocycles. The molecule has 2 rings (SSSR count). The normalized spacial score (nSPS) is 23.9. The Balaban J connectivity index is 1.82. The maximum atomic E-state index is 9.13. The molecule has 3 nitrogen and oxygen atoms in total. The lowest BCUT2D eigenvalue weighted by molar-refractivity contribution is 0.158. The molecule has 0 radical (unpaired) electrons. The van der Waals surface area contributed by atoms with Gasteiger partial charge in [0.2, 0.25) is 0 Å².